The topological polar surface area (TPSA) is 13.1 Å². The summed E-state index contributed by atoms with van der Waals surface area (Å²) in [4.78, 5) is 2.36. The van der Waals surface area contributed by atoms with Crippen LogP contribution in [0.25, 0.3) is 86.5 Å². The minimum Gasteiger partial charge on any atom is -0.316 e. The van der Waals surface area contributed by atoms with Crippen LogP contribution in [0, 0.1) is 0 Å². The van der Waals surface area contributed by atoms with Gasteiger partial charge in [0.15, 0.2) is 0 Å². The molecule has 0 N–H and O–H groups in total. The number of hydrogen-bond acceptors (Lipinski definition) is 2. The highest BCUT2D eigenvalue weighted by molar-refractivity contribution is 7.26. The molecule has 0 aliphatic rings. The van der Waals surface area contributed by atoms with E-state index in [-0.39, 0.29) is 0 Å². The van der Waals surface area contributed by atoms with Crippen molar-refractivity contribution in [2.24, 2.45) is 0 Å². The smallest absolute Gasteiger partial charge is 0.0720 e. The maximum Gasteiger partial charge on any atom is 0.0720 e. The van der Waals surface area contributed by atoms with Crippen LogP contribution in [0.3, 0.4) is 0 Å². The molecule has 0 unspecified atom stereocenters. The molecule has 0 bridgehead atoms. The molecule has 12 rings (SSSR count). The van der Waals surface area contributed by atoms with E-state index in [0.29, 0.717) is 0 Å². The molecule has 0 amide bonds. The van der Waals surface area contributed by atoms with Crippen LogP contribution in [0.2, 0.25) is 0 Å². The Morgan fingerprint density at radius 3 is 1.47 bits per heavy atom. The van der Waals surface area contributed by atoms with E-state index in [1.165, 1.54) is 75.1 Å². The van der Waals surface area contributed by atoms with Gasteiger partial charge in [-0.3, -0.25) is 0 Å². The summed E-state index contributed by atoms with van der Waals surface area (Å²) in [5.41, 5.74) is 14.0. The van der Waals surface area contributed by atoms with Crippen LogP contribution in [0.15, 0.2) is 225 Å². The molecule has 3 nitrogen and oxygen atoms in total. The lowest BCUT2D eigenvalue weighted by Crippen LogP contribution is -2.10. The maximum atomic E-state index is 2.53. The summed E-state index contributed by atoms with van der Waals surface area (Å²) < 4.78 is 7.44. The zero-order valence-electron chi connectivity index (χ0n) is 32.6. The van der Waals surface area contributed by atoms with Crippen molar-refractivity contribution in [3.63, 3.8) is 0 Å². The Morgan fingerprint density at radius 1 is 0.333 bits per heavy atom. The van der Waals surface area contributed by atoms with Gasteiger partial charge < -0.3 is 14.0 Å². The lowest BCUT2D eigenvalue weighted by molar-refractivity contribution is 1.13. The van der Waals surface area contributed by atoms with Crippen LogP contribution in [-0.2, 0) is 0 Å². The molecule has 0 aliphatic carbocycles. The molecule has 3 heterocycles. The van der Waals surface area contributed by atoms with Gasteiger partial charge in [0.05, 0.1) is 21.3 Å². The average molecular weight is 784 g/mol. The van der Waals surface area contributed by atoms with Gasteiger partial charge in [0, 0.05) is 66.3 Å². The second kappa shape index (κ2) is 14.0. The van der Waals surface area contributed by atoms with Crippen LogP contribution in [0.5, 0.6) is 0 Å². The summed E-state index contributed by atoms with van der Waals surface area (Å²) in [6.07, 6.45) is 2.21. The highest BCUT2D eigenvalue weighted by Crippen LogP contribution is 2.45. The van der Waals surface area contributed by atoms with Crippen LogP contribution in [0.4, 0.5) is 17.1 Å². The number of hydrogen-bond donors (Lipinski definition) is 0. The van der Waals surface area contributed by atoms with E-state index >= 15 is 0 Å². The summed E-state index contributed by atoms with van der Waals surface area (Å²) in [5, 5.41) is 6.35. The van der Waals surface area contributed by atoms with E-state index in [1.54, 1.807) is 0 Å². The SMILES string of the molecule is c1ccc(-c2ccc(N(c3ccc(-c4ccccc4)cc3)c3ccc(-n4c5c(ccc6c5ccn6-c5ccccc5)c5ccc6c7ccccc7sc6c54)cc3)cc2)cc1. The first kappa shape index (κ1) is 34.4. The van der Waals surface area contributed by atoms with Crippen molar-refractivity contribution in [2.75, 3.05) is 4.90 Å². The van der Waals surface area contributed by atoms with Gasteiger partial charge in [-0.05, 0) is 101 Å². The van der Waals surface area contributed by atoms with Crippen molar-refractivity contribution in [3.05, 3.63) is 225 Å². The molecule has 0 saturated heterocycles. The van der Waals surface area contributed by atoms with E-state index < -0.39 is 0 Å². The normalized spacial score (nSPS) is 11.7. The van der Waals surface area contributed by atoms with Gasteiger partial charge in [-0.15, -0.1) is 11.3 Å². The van der Waals surface area contributed by atoms with E-state index in [2.05, 4.69) is 239 Å². The van der Waals surface area contributed by atoms with Gasteiger partial charge in [0.25, 0.3) is 0 Å². The molecule has 3 aromatic heterocycles. The molecular formula is C56H37N3S. The number of para-hydroxylation sites is 1. The number of nitrogens with zero attached hydrogens (tertiary/aromatic N) is 3. The number of rotatable bonds is 7. The molecule has 0 fully saturated rings. The second-order valence-electron chi connectivity index (χ2n) is 15.4. The molecule has 0 radical (unpaired) electrons. The first-order chi connectivity index (χ1) is 29.8. The van der Waals surface area contributed by atoms with Gasteiger partial charge in [-0.25, -0.2) is 0 Å². The maximum absolute atomic E-state index is 2.53. The highest BCUT2D eigenvalue weighted by Gasteiger charge is 2.22. The van der Waals surface area contributed by atoms with Gasteiger partial charge in [0.2, 0.25) is 0 Å². The van der Waals surface area contributed by atoms with Crippen molar-refractivity contribution in [1.82, 2.24) is 9.13 Å². The van der Waals surface area contributed by atoms with Crippen LogP contribution < -0.4 is 4.90 Å². The summed E-state index contributed by atoms with van der Waals surface area (Å²) in [5.74, 6) is 0. The van der Waals surface area contributed by atoms with Gasteiger partial charge in [-0.2, -0.15) is 0 Å². The van der Waals surface area contributed by atoms with Gasteiger partial charge >= 0.3 is 0 Å². The third-order valence-corrected chi connectivity index (χ3v) is 13.2. The summed E-state index contributed by atoms with van der Waals surface area (Å²) in [6, 6.07) is 79.2. The molecule has 282 valence electrons. The fourth-order valence-corrected chi connectivity index (χ4v) is 10.4. The predicted molar refractivity (Wildman–Crippen MR) is 256 cm³/mol. The Morgan fingerprint density at radius 2 is 0.833 bits per heavy atom. The lowest BCUT2D eigenvalue weighted by Gasteiger charge is -2.26. The van der Waals surface area contributed by atoms with E-state index in [0.717, 1.165) is 28.4 Å². The number of benzene rings is 9. The van der Waals surface area contributed by atoms with E-state index in [9.17, 15) is 0 Å². The van der Waals surface area contributed by atoms with Crippen LogP contribution >= 0.6 is 11.3 Å². The Bertz CT molecular complexity index is 3410. The van der Waals surface area contributed by atoms with E-state index in [1.807, 2.05) is 11.3 Å². The van der Waals surface area contributed by atoms with Gasteiger partial charge in [0.1, 0.15) is 0 Å². The third-order valence-electron chi connectivity index (χ3n) is 12.0. The Hall–Kier alpha value is -7.66. The van der Waals surface area contributed by atoms with Crippen LogP contribution in [-0.4, -0.2) is 9.13 Å². The van der Waals surface area contributed by atoms with Crippen molar-refractivity contribution in [3.8, 4) is 33.6 Å². The van der Waals surface area contributed by atoms with Crippen molar-refractivity contribution in [2.45, 2.75) is 0 Å². The number of thiophene rings is 1. The van der Waals surface area contributed by atoms with E-state index in [4.69, 9.17) is 0 Å². The molecule has 4 heteroatoms. The molecular weight excluding hydrogens is 747 g/mol. The predicted octanol–water partition coefficient (Wildman–Crippen LogP) is 15.9. The molecule has 12 aromatic rings. The van der Waals surface area contributed by atoms with Crippen molar-refractivity contribution >= 4 is 81.3 Å². The minimum atomic E-state index is 1.09. The lowest BCUT2D eigenvalue weighted by atomic mass is 10.0. The molecule has 0 atom stereocenters. The zero-order chi connectivity index (χ0) is 39.6. The summed E-state index contributed by atoms with van der Waals surface area (Å²) >= 11 is 1.89. The van der Waals surface area contributed by atoms with Gasteiger partial charge in [-0.1, -0.05) is 140 Å². The molecule has 0 aliphatic heterocycles. The largest absolute Gasteiger partial charge is 0.316 e. The van der Waals surface area contributed by atoms with Crippen LogP contribution in [0.1, 0.15) is 0 Å². The highest BCUT2D eigenvalue weighted by atomic mass is 32.1. The second-order valence-corrected chi connectivity index (χ2v) is 16.4. The summed E-state index contributed by atoms with van der Waals surface area (Å²) in [6.45, 7) is 0. The quantitative estimate of drug-likeness (QED) is 0.157. The first-order valence-corrected chi connectivity index (χ1v) is 21.2. The fourth-order valence-electron chi connectivity index (χ4n) is 9.12. The monoisotopic (exact) mass is 783 g/mol. The Labute approximate surface area is 351 Å². The standard InChI is InChI=1S/C56H37N3S/c1-4-12-38(13-5-1)40-20-24-43(25-21-40)58(44-26-22-41(23-27-44)39-14-6-2-7-15-39)45-28-30-46(31-29-45)59-54-48(34-35-52-51(54)36-37-57(52)42-16-8-3-9-17-42)49-32-33-50-47-18-10-11-19-53(47)60-56(50)55(49)59/h1-37H. The Balaban J connectivity index is 1.05. The summed E-state index contributed by atoms with van der Waals surface area (Å²) in [7, 11) is 0. The number of fused-ring (bicyclic) bond motifs is 9. The molecule has 0 spiro atoms. The molecule has 0 saturated carbocycles. The Kier molecular flexibility index (Phi) is 8.03. The minimum absolute atomic E-state index is 1.09. The molecule has 9 aromatic carbocycles. The number of aromatic nitrogens is 2. The zero-order valence-corrected chi connectivity index (χ0v) is 33.4. The average Bonchev–Trinajstić information content (AvgIpc) is 4.03. The first-order valence-electron chi connectivity index (χ1n) is 20.4. The fraction of sp³-hybridized carbons (Fsp3) is 0. The third kappa shape index (κ3) is 5.57. The van der Waals surface area contributed by atoms with Crippen molar-refractivity contribution in [1.29, 1.82) is 0 Å². The molecule has 60 heavy (non-hydrogen) atoms. The van der Waals surface area contributed by atoms with Crippen molar-refractivity contribution < 1.29 is 0 Å². The number of anilines is 3.